The van der Waals surface area contributed by atoms with Crippen molar-refractivity contribution < 1.29 is 14.1 Å². The zero-order valence-electron chi connectivity index (χ0n) is 17.7. The van der Waals surface area contributed by atoms with E-state index >= 15 is 0 Å². The molecule has 2 aliphatic rings. The molecular formula is C23H30N4O3. The van der Waals surface area contributed by atoms with Crippen LogP contribution in [0.2, 0.25) is 0 Å². The molecule has 1 saturated heterocycles. The Morgan fingerprint density at radius 1 is 1.27 bits per heavy atom. The Bertz CT molecular complexity index is 880. The molecule has 0 aromatic carbocycles. The fraction of sp³-hybridized carbons (Fsp3) is 0.565. The Kier molecular flexibility index (Phi) is 6.57. The Morgan fingerprint density at radius 2 is 2.13 bits per heavy atom. The number of carbonyl (C=O) groups is 1. The molecule has 1 amide bonds. The molecule has 1 unspecified atom stereocenters. The van der Waals surface area contributed by atoms with E-state index in [9.17, 15) is 4.79 Å². The average Bonchev–Trinajstić information content (AvgIpc) is 3.30. The Balaban J connectivity index is 1.54. The van der Waals surface area contributed by atoms with Crippen molar-refractivity contribution in [2.45, 2.75) is 56.8 Å². The first-order valence-electron chi connectivity index (χ1n) is 10.9. The van der Waals surface area contributed by atoms with Crippen LogP contribution in [0, 0.1) is 0 Å². The number of allylic oxidation sites excluding steroid dienone is 1. The fourth-order valence-electron chi connectivity index (χ4n) is 4.56. The average molecular weight is 411 g/mol. The molecule has 2 aromatic heterocycles. The monoisotopic (exact) mass is 410 g/mol. The first kappa shape index (κ1) is 20.7. The van der Waals surface area contributed by atoms with Crippen molar-refractivity contribution in [3.05, 3.63) is 42.0 Å². The van der Waals surface area contributed by atoms with Gasteiger partial charge in [-0.3, -0.25) is 9.78 Å². The van der Waals surface area contributed by atoms with Gasteiger partial charge >= 0.3 is 0 Å². The number of hydrogen-bond acceptors (Lipinski definition) is 6. The summed E-state index contributed by atoms with van der Waals surface area (Å²) in [6.45, 7) is 1.99. The molecule has 0 N–H and O–H groups in total. The number of likely N-dealkylation sites (tertiary alicyclic amines) is 1. The zero-order chi connectivity index (χ0) is 20.8. The Hall–Kier alpha value is -2.54. The molecule has 4 rings (SSSR count). The van der Waals surface area contributed by atoms with Gasteiger partial charge in [0.2, 0.25) is 5.91 Å². The van der Waals surface area contributed by atoms with Gasteiger partial charge in [-0.2, -0.15) is 4.98 Å². The van der Waals surface area contributed by atoms with E-state index in [-0.39, 0.29) is 11.3 Å². The zero-order valence-corrected chi connectivity index (χ0v) is 17.7. The van der Waals surface area contributed by atoms with E-state index in [1.165, 1.54) is 18.4 Å². The van der Waals surface area contributed by atoms with Gasteiger partial charge in [0, 0.05) is 51.2 Å². The summed E-state index contributed by atoms with van der Waals surface area (Å²) in [7, 11) is 1.70. The van der Waals surface area contributed by atoms with Crippen molar-refractivity contribution in [3.63, 3.8) is 0 Å². The summed E-state index contributed by atoms with van der Waals surface area (Å²) in [6.07, 6.45) is 13.4. The molecule has 1 aliphatic carbocycles. The van der Waals surface area contributed by atoms with Gasteiger partial charge in [0.15, 0.2) is 5.82 Å². The lowest BCUT2D eigenvalue weighted by Gasteiger charge is -2.41. The minimum absolute atomic E-state index is 0.211. The molecule has 0 bridgehead atoms. The van der Waals surface area contributed by atoms with Gasteiger partial charge in [-0.1, -0.05) is 16.8 Å². The van der Waals surface area contributed by atoms with Crippen LogP contribution in [0.25, 0.3) is 11.5 Å². The maximum atomic E-state index is 13.1. The van der Waals surface area contributed by atoms with Crippen molar-refractivity contribution in [2.75, 3.05) is 26.8 Å². The molecule has 2 aromatic rings. The van der Waals surface area contributed by atoms with Crippen LogP contribution in [0.3, 0.4) is 0 Å². The van der Waals surface area contributed by atoms with Crippen molar-refractivity contribution >= 4 is 5.91 Å². The summed E-state index contributed by atoms with van der Waals surface area (Å²) in [5.41, 5.74) is 1.79. The van der Waals surface area contributed by atoms with Gasteiger partial charge in [0.25, 0.3) is 5.89 Å². The molecule has 160 valence electrons. The number of methoxy groups -OCH3 is 1. The molecular weight excluding hydrogens is 380 g/mol. The van der Waals surface area contributed by atoms with Crippen molar-refractivity contribution in [3.8, 4) is 11.5 Å². The minimum atomic E-state index is -0.348. The van der Waals surface area contributed by atoms with Gasteiger partial charge < -0.3 is 14.2 Å². The summed E-state index contributed by atoms with van der Waals surface area (Å²) >= 11 is 0. The van der Waals surface area contributed by atoms with Gasteiger partial charge in [-0.05, 0) is 57.1 Å². The standard InChI is InChI=1S/C23H30N4O3/c1-29-15-11-23(22-25-21(30-26-22)19-8-12-24-13-9-19)10-5-14-27(17-23)20(28)16-18-6-3-2-4-7-18/h6,8-9,12-13H,2-5,7,10-11,14-17H2,1H3. The number of pyridine rings is 1. The number of piperidine rings is 1. The Morgan fingerprint density at radius 3 is 2.90 bits per heavy atom. The molecule has 7 nitrogen and oxygen atoms in total. The summed E-state index contributed by atoms with van der Waals surface area (Å²) in [4.78, 5) is 23.8. The predicted octanol–water partition coefficient (Wildman–Crippen LogP) is 3.92. The lowest BCUT2D eigenvalue weighted by Crippen LogP contribution is -2.49. The number of ether oxygens (including phenoxy) is 1. The van der Waals surface area contributed by atoms with E-state index in [1.807, 2.05) is 17.0 Å². The lowest BCUT2D eigenvalue weighted by molar-refractivity contribution is -0.133. The van der Waals surface area contributed by atoms with Crippen molar-refractivity contribution in [2.24, 2.45) is 0 Å². The second-order valence-corrected chi connectivity index (χ2v) is 8.39. The van der Waals surface area contributed by atoms with Crippen LogP contribution in [0.5, 0.6) is 0 Å². The topological polar surface area (TPSA) is 81.3 Å². The second-order valence-electron chi connectivity index (χ2n) is 8.39. The highest BCUT2D eigenvalue weighted by Gasteiger charge is 2.42. The maximum Gasteiger partial charge on any atom is 0.258 e. The highest BCUT2D eigenvalue weighted by atomic mass is 16.5. The van der Waals surface area contributed by atoms with E-state index in [0.717, 1.165) is 44.2 Å². The SMILES string of the molecule is COCCC1(c2noc(-c3ccncc3)n2)CCCN(C(=O)CC2=CCCCC2)C1. The number of aromatic nitrogens is 3. The highest BCUT2D eigenvalue weighted by Crippen LogP contribution is 2.37. The first-order chi connectivity index (χ1) is 14.7. The molecule has 1 fully saturated rings. The van der Waals surface area contributed by atoms with Gasteiger partial charge in [-0.15, -0.1) is 0 Å². The molecule has 0 spiro atoms. The normalized spacial score (nSPS) is 22.0. The van der Waals surface area contributed by atoms with Gasteiger partial charge in [0.1, 0.15) is 0 Å². The third-order valence-electron chi connectivity index (χ3n) is 6.31. The smallest absolute Gasteiger partial charge is 0.258 e. The van der Waals surface area contributed by atoms with Crippen LogP contribution in [-0.4, -0.2) is 52.7 Å². The minimum Gasteiger partial charge on any atom is -0.385 e. The number of carbonyl (C=O) groups excluding carboxylic acids is 1. The van der Waals surface area contributed by atoms with Gasteiger partial charge in [-0.25, -0.2) is 0 Å². The van der Waals surface area contributed by atoms with E-state index < -0.39 is 0 Å². The van der Waals surface area contributed by atoms with Crippen LogP contribution in [0.15, 0.2) is 40.7 Å². The molecule has 0 radical (unpaired) electrons. The summed E-state index contributed by atoms with van der Waals surface area (Å²) in [6, 6.07) is 3.71. The lowest BCUT2D eigenvalue weighted by atomic mass is 9.76. The van der Waals surface area contributed by atoms with E-state index in [2.05, 4.69) is 16.2 Å². The summed E-state index contributed by atoms with van der Waals surface area (Å²) < 4.78 is 11.0. The number of amides is 1. The highest BCUT2D eigenvalue weighted by molar-refractivity contribution is 5.79. The fourth-order valence-corrected chi connectivity index (χ4v) is 4.56. The van der Waals surface area contributed by atoms with Crippen LogP contribution >= 0.6 is 0 Å². The van der Waals surface area contributed by atoms with E-state index in [1.54, 1.807) is 19.5 Å². The molecule has 7 heteroatoms. The molecule has 3 heterocycles. The summed E-state index contributed by atoms with van der Waals surface area (Å²) in [5.74, 6) is 1.36. The van der Waals surface area contributed by atoms with E-state index in [0.29, 0.717) is 31.3 Å². The molecule has 1 atom stereocenters. The molecule has 1 aliphatic heterocycles. The van der Waals surface area contributed by atoms with E-state index in [4.69, 9.17) is 14.2 Å². The quantitative estimate of drug-likeness (QED) is 0.644. The largest absolute Gasteiger partial charge is 0.385 e. The first-order valence-corrected chi connectivity index (χ1v) is 10.9. The van der Waals surface area contributed by atoms with Crippen molar-refractivity contribution in [1.82, 2.24) is 20.0 Å². The van der Waals surface area contributed by atoms with Crippen LogP contribution < -0.4 is 0 Å². The van der Waals surface area contributed by atoms with Crippen molar-refractivity contribution in [1.29, 1.82) is 0 Å². The van der Waals surface area contributed by atoms with Gasteiger partial charge in [0.05, 0.1) is 5.41 Å². The molecule has 30 heavy (non-hydrogen) atoms. The third kappa shape index (κ3) is 4.61. The maximum absolute atomic E-state index is 13.1. The number of rotatable bonds is 7. The number of hydrogen-bond donors (Lipinski definition) is 0. The second kappa shape index (κ2) is 9.51. The number of nitrogens with zero attached hydrogens (tertiary/aromatic N) is 4. The van der Waals surface area contributed by atoms with Crippen LogP contribution in [0.4, 0.5) is 0 Å². The Labute approximate surface area is 177 Å². The predicted molar refractivity (Wildman–Crippen MR) is 113 cm³/mol. The molecule has 0 saturated carbocycles. The third-order valence-corrected chi connectivity index (χ3v) is 6.31. The van der Waals surface area contributed by atoms with Crippen LogP contribution in [0.1, 0.15) is 57.2 Å². The summed E-state index contributed by atoms with van der Waals surface area (Å²) in [5, 5.41) is 4.34. The van der Waals surface area contributed by atoms with Crippen LogP contribution in [-0.2, 0) is 14.9 Å².